The summed E-state index contributed by atoms with van der Waals surface area (Å²) in [5.74, 6) is -0.0564. The smallest absolute Gasteiger partial charge is 0.240 e. The zero-order chi connectivity index (χ0) is 12.2. The Balaban J connectivity index is 2.76. The van der Waals surface area contributed by atoms with Crippen LogP contribution in [0.3, 0.4) is 0 Å². The molecule has 0 bridgehead atoms. The average Bonchev–Trinajstić information content (AvgIpc) is 2.20. The number of hydrogen-bond acceptors (Lipinski definition) is 3. The molecule has 0 aliphatic rings. The Bertz CT molecular complexity index is 423. The third kappa shape index (κ3) is 3.33. The van der Waals surface area contributed by atoms with Crippen LogP contribution in [0, 0.1) is 5.41 Å². The highest BCUT2D eigenvalue weighted by molar-refractivity contribution is 5.94. The molecule has 0 aliphatic heterocycles. The van der Waals surface area contributed by atoms with Gasteiger partial charge in [-0.15, -0.1) is 0 Å². The number of carbonyl (C=O) groups is 1. The first-order valence-corrected chi connectivity index (χ1v) is 4.93. The van der Waals surface area contributed by atoms with Gasteiger partial charge < -0.3 is 5.32 Å². The van der Waals surface area contributed by atoms with Gasteiger partial charge in [0.25, 0.3) is 0 Å². The second-order valence-corrected chi connectivity index (χ2v) is 4.45. The van der Waals surface area contributed by atoms with E-state index >= 15 is 0 Å². The van der Waals surface area contributed by atoms with E-state index in [1.807, 2.05) is 20.8 Å². The van der Waals surface area contributed by atoms with Gasteiger partial charge in [0.05, 0.1) is 5.69 Å². The van der Waals surface area contributed by atoms with Gasteiger partial charge in [0.15, 0.2) is 0 Å². The van der Waals surface area contributed by atoms with Crippen molar-refractivity contribution in [3.8, 4) is 0 Å². The van der Waals surface area contributed by atoms with E-state index in [1.165, 1.54) is 6.08 Å². The van der Waals surface area contributed by atoms with Gasteiger partial charge in [0, 0.05) is 11.1 Å². The molecule has 0 aliphatic carbocycles. The van der Waals surface area contributed by atoms with Crippen LogP contribution in [0.25, 0.3) is 0 Å². The molecular weight excluding hydrogens is 204 g/mol. The highest BCUT2D eigenvalue weighted by atomic mass is 16.2. The van der Waals surface area contributed by atoms with Crippen molar-refractivity contribution in [2.75, 3.05) is 5.32 Å². The van der Waals surface area contributed by atoms with Crippen molar-refractivity contribution in [2.45, 2.75) is 20.8 Å². The molecule has 1 N–H and O–H groups in total. The molecule has 0 fully saturated rings. The summed E-state index contributed by atoms with van der Waals surface area (Å²) >= 11 is 0. The normalized spacial score (nSPS) is 10.4. The molecule has 1 aromatic carbocycles. The Morgan fingerprint density at radius 3 is 2.25 bits per heavy atom. The maximum absolute atomic E-state index is 11.6. The van der Waals surface area contributed by atoms with Gasteiger partial charge in [-0.25, -0.2) is 4.79 Å². The predicted molar refractivity (Wildman–Crippen MR) is 62.3 cm³/mol. The molecule has 0 saturated heterocycles. The third-order valence-electron chi connectivity index (χ3n) is 1.98. The topological polar surface area (TPSA) is 58.5 Å². The molecule has 0 unspecified atom stereocenters. The number of benzene rings is 1. The molecule has 0 atom stereocenters. The zero-order valence-corrected chi connectivity index (χ0v) is 9.57. The summed E-state index contributed by atoms with van der Waals surface area (Å²) in [6, 6.07) is 6.67. The largest absolute Gasteiger partial charge is 0.326 e. The molecule has 1 aromatic rings. The summed E-state index contributed by atoms with van der Waals surface area (Å²) in [5, 5.41) is 2.77. The van der Waals surface area contributed by atoms with E-state index in [4.69, 9.17) is 0 Å². The van der Waals surface area contributed by atoms with E-state index in [0.717, 1.165) is 0 Å². The van der Waals surface area contributed by atoms with E-state index in [2.05, 4.69) is 10.3 Å². The van der Waals surface area contributed by atoms with Gasteiger partial charge in [-0.1, -0.05) is 20.8 Å². The summed E-state index contributed by atoms with van der Waals surface area (Å²) < 4.78 is 0. The monoisotopic (exact) mass is 218 g/mol. The summed E-state index contributed by atoms with van der Waals surface area (Å²) in [6.07, 6.45) is 1.46. The van der Waals surface area contributed by atoms with Crippen LogP contribution in [-0.4, -0.2) is 12.0 Å². The lowest BCUT2D eigenvalue weighted by molar-refractivity contribution is -0.123. The van der Waals surface area contributed by atoms with Gasteiger partial charge in [-0.05, 0) is 24.3 Å². The molecule has 4 heteroatoms. The summed E-state index contributed by atoms with van der Waals surface area (Å²) in [6.45, 7) is 5.52. The van der Waals surface area contributed by atoms with Crippen LogP contribution in [-0.2, 0) is 9.59 Å². The molecule has 0 aromatic heterocycles. The minimum Gasteiger partial charge on any atom is -0.326 e. The van der Waals surface area contributed by atoms with Crippen LogP contribution >= 0.6 is 0 Å². The average molecular weight is 218 g/mol. The Hall–Kier alpha value is -1.93. The minimum atomic E-state index is -0.431. The lowest BCUT2D eigenvalue weighted by Crippen LogP contribution is -2.27. The van der Waals surface area contributed by atoms with Gasteiger partial charge in [-0.2, -0.15) is 4.99 Å². The lowest BCUT2D eigenvalue weighted by Gasteiger charge is -2.17. The van der Waals surface area contributed by atoms with E-state index in [-0.39, 0.29) is 5.91 Å². The summed E-state index contributed by atoms with van der Waals surface area (Å²) in [4.78, 5) is 25.1. The molecule has 0 saturated carbocycles. The molecule has 0 heterocycles. The quantitative estimate of drug-likeness (QED) is 0.612. The van der Waals surface area contributed by atoms with Crippen molar-refractivity contribution in [3.05, 3.63) is 24.3 Å². The lowest BCUT2D eigenvalue weighted by atomic mass is 9.95. The second kappa shape index (κ2) is 4.73. The van der Waals surface area contributed by atoms with E-state index < -0.39 is 5.41 Å². The third-order valence-corrected chi connectivity index (χ3v) is 1.98. The number of amides is 1. The zero-order valence-electron chi connectivity index (χ0n) is 9.57. The highest BCUT2D eigenvalue weighted by Crippen LogP contribution is 2.19. The molecule has 1 amide bonds. The van der Waals surface area contributed by atoms with E-state index in [0.29, 0.717) is 11.4 Å². The summed E-state index contributed by atoms with van der Waals surface area (Å²) in [7, 11) is 0. The first kappa shape index (κ1) is 12.1. The van der Waals surface area contributed by atoms with Crippen LogP contribution in [0.4, 0.5) is 11.4 Å². The van der Waals surface area contributed by atoms with Crippen molar-refractivity contribution in [3.63, 3.8) is 0 Å². The number of rotatable bonds is 2. The van der Waals surface area contributed by atoms with Crippen molar-refractivity contribution in [1.82, 2.24) is 0 Å². The van der Waals surface area contributed by atoms with Gasteiger partial charge in [0.1, 0.15) is 0 Å². The maximum Gasteiger partial charge on any atom is 0.240 e. The van der Waals surface area contributed by atoms with Gasteiger partial charge in [-0.3, -0.25) is 4.79 Å². The molecule has 84 valence electrons. The minimum absolute atomic E-state index is 0.0564. The summed E-state index contributed by atoms with van der Waals surface area (Å²) in [5.41, 5.74) is 0.771. The number of isocyanates is 1. The van der Waals surface area contributed by atoms with Crippen molar-refractivity contribution in [1.29, 1.82) is 0 Å². The van der Waals surface area contributed by atoms with Crippen LogP contribution in [0.5, 0.6) is 0 Å². The number of hydrogen-bond donors (Lipinski definition) is 1. The molecule has 1 rings (SSSR count). The first-order chi connectivity index (χ1) is 7.43. The number of anilines is 1. The van der Waals surface area contributed by atoms with Crippen molar-refractivity contribution in [2.24, 2.45) is 10.4 Å². The molecule has 0 radical (unpaired) electrons. The maximum atomic E-state index is 11.6. The van der Waals surface area contributed by atoms with Gasteiger partial charge >= 0.3 is 0 Å². The van der Waals surface area contributed by atoms with Crippen LogP contribution in [0.15, 0.2) is 29.3 Å². The van der Waals surface area contributed by atoms with Crippen LogP contribution in [0.2, 0.25) is 0 Å². The Morgan fingerprint density at radius 1 is 1.25 bits per heavy atom. The Kier molecular flexibility index (Phi) is 3.59. The predicted octanol–water partition coefficient (Wildman–Crippen LogP) is 2.64. The Morgan fingerprint density at radius 2 is 1.81 bits per heavy atom. The Labute approximate surface area is 94.4 Å². The van der Waals surface area contributed by atoms with Crippen LogP contribution in [0.1, 0.15) is 20.8 Å². The molecular formula is C12H14N2O2. The fourth-order valence-electron chi connectivity index (χ4n) is 0.991. The van der Waals surface area contributed by atoms with Crippen molar-refractivity contribution < 1.29 is 9.59 Å². The van der Waals surface area contributed by atoms with Crippen LogP contribution < -0.4 is 5.32 Å². The highest BCUT2D eigenvalue weighted by Gasteiger charge is 2.20. The van der Waals surface area contributed by atoms with E-state index in [1.54, 1.807) is 24.3 Å². The fourth-order valence-corrected chi connectivity index (χ4v) is 0.991. The molecule has 0 spiro atoms. The fraction of sp³-hybridized carbons (Fsp3) is 0.333. The standard InChI is InChI=1S/C12H14N2O2/c1-12(2,3)11(16)14-10-6-4-9(5-7-10)13-8-15/h4-7H,1-3H3,(H,14,16). The number of carbonyl (C=O) groups excluding carboxylic acids is 2. The SMILES string of the molecule is CC(C)(C)C(=O)Nc1ccc(N=C=O)cc1. The van der Waals surface area contributed by atoms with E-state index in [9.17, 15) is 9.59 Å². The molecule has 16 heavy (non-hydrogen) atoms. The molecule has 4 nitrogen and oxygen atoms in total. The van der Waals surface area contributed by atoms with Gasteiger partial charge in [0.2, 0.25) is 12.0 Å². The number of nitrogens with zero attached hydrogens (tertiary/aromatic N) is 1. The number of aliphatic imine (C=N–C) groups is 1. The number of nitrogens with one attached hydrogen (secondary N) is 1. The van der Waals surface area contributed by atoms with Crippen molar-refractivity contribution >= 4 is 23.4 Å². The first-order valence-electron chi connectivity index (χ1n) is 4.93. The second-order valence-electron chi connectivity index (χ2n) is 4.45.